The summed E-state index contributed by atoms with van der Waals surface area (Å²) < 4.78 is 4.69. The van der Waals surface area contributed by atoms with Crippen molar-refractivity contribution in [2.24, 2.45) is 10.6 Å². The maximum Gasteiger partial charge on any atom is 0.172 e. The summed E-state index contributed by atoms with van der Waals surface area (Å²) in [5, 5.41) is 9.90. The standard InChI is InChI=1S/C10H23NOSi/c1-8(2)9(10(3,4)12)11-13(5,6)7/h8,12H,1-7H3. The summed E-state index contributed by atoms with van der Waals surface area (Å²) in [6, 6.07) is 0. The van der Waals surface area contributed by atoms with E-state index < -0.39 is 13.8 Å². The maximum atomic E-state index is 9.90. The van der Waals surface area contributed by atoms with Crippen LogP contribution in [0.15, 0.2) is 4.66 Å². The monoisotopic (exact) mass is 201 g/mol. The molecule has 78 valence electrons. The highest BCUT2D eigenvalue weighted by molar-refractivity contribution is 6.75. The first kappa shape index (κ1) is 12.8. The molecule has 0 spiro atoms. The van der Waals surface area contributed by atoms with E-state index in [-0.39, 0.29) is 0 Å². The number of hydrogen-bond donors (Lipinski definition) is 1. The van der Waals surface area contributed by atoms with E-state index in [4.69, 9.17) is 0 Å². The second-order valence-electron chi connectivity index (χ2n) is 5.38. The highest BCUT2D eigenvalue weighted by atomic mass is 28.3. The molecule has 0 aromatic carbocycles. The van der Waals surface area contributed by atoms with Gasteiger partial charge in [-0.15, -0.1) is 0 Å². The van der Waals surface area contributed by atoms with Crippen molar-refractivity contribution in [1.82, 2.24) is 0 Å². The zero-order chi connectivity index (χ0) is 10.9. The van der Waals surface area contributed by atoms with Crippen LogP contribution in [0, 0.1) is 5.92 Å². The van der Waals surface area contributed by atoms with Crippen molar-refractivity contribution >= 4 is 13.9 Å². The Kier molecular flexibility index (Phi) is 3.88. The van der Waals surface area contributed by atoms with Gasteiger partial charge in [0, 0.05) is 5.71 Å². The lowest BCUT2D eigenvalue weighted by molar-refractivity contribution is 0.149. The summed E-state index contributed by atoms with van der Waals surface area (Å²) in [6.45, 7) is 14.3. The van der Waals surface area contributed by atoms with Crippen molar-refractivity contribution in [3.8, 4) is 0 Å². The van der Waals surface area contributed by atoms with E-state index in [1.54, 1.807) is 0 Å². The fourth-order valence-corrected chi connectivity index (χ4v) is 2.59. The lowest BCUT2D eigenvalue weighted by Gasteiger charge is -2.26. The van der Waals surface area contributed by atoms with Gasteiger partial charge in [0.05, 0.1) is 5.60 Å². The van der Waals surface area contributed by atoms with Crippen LogP contribution in [0.25, 0.3) is 0 Å². The van der Waals surface area contributed by atoms with Gasteiger partial charge in [-0.3, -0.25) is 0 Å². The van der Waals surface area contributed by atoms with Gasteiger partial charge in [-0.05, 0) is 39.4 Å². The van der Waals surface area contributed by atoms with Gasteiger partial charge in [-0.1, -0.05) is 13.8 Å². The summed E-state index contributed by atoms with van der Waals surface area (Å²) >= 11 is 0. The lowest BCUT2D eigenvalue weighted by atomic mass is 9.94. The molecule has 3 heteroatoms. The Hall–Kier alpha value is -0.153. The van der Waals surface area contributed by atoms with Gasteiger partial charge in [0.1, 0.15) is 0 Å². The average Bonchev–Trinajstić information content (AvgIpc) is 1.77. The molecule has 0 heterocycles. The van der Waals surface area contributed by atoms with E-state index >= 15 is 0 Å². The highest BCUT2D eigenvalue weighted by Gasteiger charge is 2.26. The van der Waals surface area contributed by atoms with Gasteiger partial charge in [0.15, 0.2) is 8.24 Å². The molecule has 0 radical (unpaired) electrons. The van der Waals surface area contributed by atoms with E-state index in [0.717, 1.165) is 5.71 Å². The van der Waals surface area contributed by atoms with Crippen molar-refractivity contribution in [3.63, 3.8) is 0 Å². The molecular formula is C10H23NOSi. The van der Waals surface area contributed by atoms with Crippen LogP contribution in [-0.4, -0.2) is 24.7 Å². The van der Waals surface area contributed by atoms with Crippen LogP contribution in [0.2, 0.25) is 19.6 Å². The van der Waals surface area contributed by atoms with Gasteiger partial charge < -0.3 is 9.76 Å². The van der Waals surface area contributed by atoms with Crippen molar-refractivity contribution in [3.05, 3.63) is 0 Å². The summed E-state index contributed by atoms with van der Waals surface area (Å²) in [6.07, 6.45) is 0. The van der Waals surface area contributed by atoms with Gasteiger partial charge in [0.25, 0.3) is 0 Å². The van der Waals surface area contributed by atoms with Crippen LogP contribution in [0.3, 0.4) is 0 Å². The normalized spacial score (nSPS) is 15.3. The van der Waals surface area contributed by atoms with Crippen LogP contribution in [-0.2, 0) is 0 Å². The summed E-state index contributed by atoms with van der Waals surface area (Å²) in [4.78, 5) is 0. The summed E-state index contributed by atoms with van der Waals surface area (Å²) in [7, 11) is -1.46. The number of nitrogens with zero attached hydrogens (tertiary/aromatic N) is 1. The van der Waals surface area contributed by atoms with Crippen LogP contribution in [0.4, 0.5) is 0 Å². The van der Waals surface area contributed by atoms with Gasteiger partial charge in [-0.25, -0.2) is 0 Å². The summed E-state index contributed by atoms with van der Waals surface area (Å²) in [5.74, 6) is 0.326. The maximum absolute atomic E-state index is 9.90. The molecule has 0 bridgehead atoms. The molecule has 0 amide bonds. The van der Waals surface area contributed by atoms with Crippen molar-refractivity contribution in [2.45, 2.75) is 52.9 Å². The van der Waals surface area contributed by atoms with Crippen molar-refractivity contribution in [1.29, 1.82) is 0 Å². The molecule has 0 aliphatic carbocycles. The van der Waals surface area contributed by atoms with E-state index in [2.05, 4.69) is 38.1 Å². The van der Waals surface area contributed by atoms with Gasteiger partial charge >= 0.3 is 0 Å². The van der Waals surface area contributed by atoms with E-state index in [1.807, 2.05) is 13.8 Å². The first-order valence-corrected chi connectivity index (χ1v) is 8.31. The van der Waals surface area contributed by atoms with E-state index in [1.165, 1.54) is 0 Å². The number of aliphatic hydroxyl groups is 1. The largest absolute Gasteiger partial charge is 0.385 e. The first-order valence-electron chi connectivity index (χ1n) is 4.86. The molecule has 0 saturated carbocycles. The Morgan fingerprint density at radius 2 is 1.62 bits per heavy atom. The van der Waals surface area contributed by atoms with Crippen molar-refractivity contribution in [2.75, 3.05) is 0 Å². The second kappa shape index (κ2) is 3.92. The molecule has 2 nitrogen and oxygen atoms in total. The minimum atomic E-state index is -1.46. The molecule has 0 aromatic heterocycles. The van der Waals surface area contributed by atoms with E-state index in [0.29, 0.717) is 5.92 Å². The molecule has 0 rings (SSSR count). The zero-order valence-corrected chi connectivity index (χ0v) is 11.0. The zero-order valence-electron chi connectivity index (χ0n) is 9.97. The van der Waals surface area contributed by atoms with Crippen molar-refractivity contribution < 1.29 is 5.11 Å². The predicted molar refractivity (Wildman–Crippen MR) is 61.9 cm³/mol. The Labute approximate surface area is 83.2 Å². The molecule has 0 aliphatic heterocycles. The average molecular weight is 201 g/mol. The van der Waals surface area contributed by atoms with Crippen LogP contribution < -0.4 is 0 Å². The Bertz CT molecular complexity index is 196. The fourth-order valence-electron chi connectivity index (χ4n) is 1.33. The molecule has 0 aromatic rings. The fraction of sp³-hybridized carbons (Fsp3) is 0.900. The third-order valence-electron chi connectivity index (χ3n) is 1.63. The number of hydrogen-bond acceptors (Lipinski definition) is 2. The highest BCUT2D eigenvalue weighted by Crippen LogP contribution is 2.16. The molecule has 0 saturated heterocycles. The smallest absolute Gasteiger partial charge is 0.172 e. The van der Waals surface area contributed by atoms with E-state index in [9.17, 15) is 5.11 Å². The third kappa shape index (κ3) is 5.21. The molecule has 13 heavy (non-hydrogen) atoms. The minimum absolute atomic E-state index is 0.326. The molecule has 1 N–H and O–H groups in total. The SMILES string of the molecule is CC(C)C(=N[Si](C)(C)C)C(C)(C)O. The van der Waals surface area contributed by atoms with Gasteiger partial charge in [0.2, 0.25) is 0 Å². The Balaban J connectivity index is 4.95. The van der Waals surface area contributed by atoms with Gasteiger partial charge in [-0.2, -0.15) is 0 Å². The Morgan fingerprint density at radius 3 is 1.69 bits per heavy atom. The quantitative estimate of drug-likeness (QED) is 0.552. The molecule has 0 fully saturated rings. The molecular weight excluding hydrogens is 178 g/mol. The topological polar surface area (TPSA) is 32.6 Å². The lowest BCUT2D eigenvalue weighted by Crippen LogP contribution is -2.38. The molecule has 0 unspecified atom stereocenters. The minimum Gasteiger partial charge on any atom is -0.385 e. The Morgan fingerprint density at radius 1 is 1.23 bits per heavy atom. The van der Waals surface area contributed by atoms with Crippen LogP contribution in [0.5, 0.6) is 0 Å². The first-order chi connectivity index (χ1) is 5.54. The van der Waals surface area contributed by atoms with Crippen LogP contribution >= 0.6 is 0 Å². The molecule has 0 aliphatic rings. The molecule has 0 atom stereocenters. The number of rotatable bonds is 3. The third-order valence-corrected chi connectivity index (χ3v) is 2.54. The second-order valence-corrected chi connectivity index (χ2v) is 9.95. The van der Waals surface area contributed by atoms with Crippen LogP contribution in [0.1, 0.15) is 27.7 Å². The summed E-state index contributed by atoms with van der Waals surface area (Å²) in [5.41, 5.74) is 0.167. The predicted octanol–water partition coefficient (Wildman–Crippen LogP) is 2.69.